The third kappa shape index (κ3) is 5.49. The molecular weight excluding hydrogens is 254 g/mol. The summed E-state index contributed by atoms with van der Waals surface area (Å²) in [5.41, 5.74) is 0.519. The molecule has 0 radical (unpaired) electrons. The number of hydrogen-bond donors (Lipinski definition) is 3. The second kappa shape index (κ2) is 7.62. The smallest absolute Gasteiger partial charge is 0.119 e. The Balaban J connectivity index is 2.58. The van der Waals surface area contributed by atoms with Gasteiger partial charge in [0.2, 0.25) is 0 Å². The summed E-state index contributed by atoms with van der Waals surface area (Å²) in [6.07, 6.45) is 0.696. The van der Waals surface area contributed by atoms with Gasteiger partial charge in [0, 0.05) is 18.0 Å². The minimum absolute atomic E-state index is 0.0154. The lowest BCUT2D eigenvalue weighted by Crippen LogP contribution is -2.51. The molecule has 1 rings (SSSR count). The molecule has 0 aliphatic carbocycles. The number of aliphatic hydroxyl groups excluding tert-OH is 2. The van der Waals surface area contributed by atoms with Crippen molar-refractivity contribution in [2.45, 2.75) is 58.4 Å². The van der Waals surface area contributed by atoms with Crippen LogP contribution in [0.2, 0.25) is 0 Å². The average Bonchev–Trinajstić information content (AvgIpc) is 2.38. The Hall–Kier alpha value is -1.10. The van der Waals surface area contributed by atoms with Gasteiger partial charge in [-0.15, -0.1) is 0 Å². The molecule has 2 unspecified atom stereocenters. The molecule has 4 nitrogen and oxygen atoms in total. The van der Waals surface area contributed by atoms with Crippen LogP contribution >= 0.6 is 0 Å². The molecule has 3 N–H and O–H groups in total. The first-order chi connectivity index (χ1) is 9.38. The molecule has 0 aliphatic rings. The predicted molar refractivity (Wildman–Crippen MR) is 80.8 cm³/mol. The number of rotatable bonds is 8. The number of benzene rings is 1. The first-order valence-electron chi connectivity index (χ1n) is 7.13. The molecule has 1 aromatic rings. The summed E-state index contributed by atoms with van der Waals surface area (Å²) >= 11 is 0. The zero-order valence-corrected chi connectivity index (χ0v) is 12.9. The summed E-state index contributed by atoms with van der Waals surface area (Å²) in [4.78, 5) is 0. The number of hydrogen-bond acceptors (Lipinski definition) is 4. The number of aliphatic hydroxyl groups is 2. The lowest BCUT2D eigenvalue weighted by atomic mass is 9.94. The third-order valence-electron chi connectivity index (χ3n) is 3.17. The molecule has 4 heteroatoms. The van der Waals surface area contributed by atoms with E-state index in [0.29, 0.717) is 12.5 Å². The van der Waals surface area contributed by atoms with Crippen molar-refractivity contribution in [2.75, 3.05) is 6.61 Å². The Labute approximate surface area is 121 Å². The maximum absolute atomic E-state index is 9.57. The highest BCUT2D eigenvalue weighted by atomic mass is 16.5. The molecule has 0 saturated carbocycles. The van der Waals surface area contributed by atoms with E-state index in [0.717, 1.165) is 11.3 Å². The van der Waals surface area contributed by atoms with E-state index in [9.17, 15) is 5.11 Å². The van der Waals surface area contributed by atoms with Crippen molar-refractivity contribution >= 4 is 0 Å². The molecular formula is C16H27NO3. The molecule has 0 aromatic heterocycles. The Morgan fingerprint density at radius 1 is 1.15 bits per heavy atom. The standard InChI is InChI=1S/C16H27NO3/c1-12(2)17-16(4,11-19)9-13(3)20-15-7-5-14(10-18)6-8-15/h5-8,12-13,17-19H,9-11H2,1-4H3. The molecule has 1 aromatic carbocycles. The largest absolute Gasteiger partial charge is 0.491 e. The van der Waals surface area contributed by atoms with Crippen LogP contribution < -0.4 is 10.1 Å². The van der Waals surface area contributed by atoms with Gasteiger partial charge < -0.3 is 20.3 Å². The molecule has 0 aliphatic heterocycles. The minimum atomic E-state index is -0.349. The van der Waals surface area contributed by atoms with E-state index in [1.54, 1.807) is 0 Å². The summed E-state index contributed by atoms with van der Waals surface area (Å²) in [5, 5.41) is 22.0. The molecule has 0 saturated heterocycles. The zero-order valence-electron chi connectivity index (χ0n) is 12.9. The van der Waals surface area contributed by atoms with Gasteiger partial charge in [-0.05, 0) is 31.5 Å². The Morgan fingerprint density at radius 2 is 1.75 bits per heavy atom. The van der Waals surface area contributed by atoms with Gasteiger partial charge in [-0.3, -0.25) is 0 Å². The molecule has 114 valence electrons. The summed E-state index contributed by atoms with van der Waals surface area (Å²) < 4.78 is 5.86. The minimum Gasteiger partial charge on any atom is -0.491 e. The summed E-state index contributed by atoms with van der Waals surface area (Å²) in [7, 11) is 0. The Morgan fingerprint density at radius 3 is 2.20 bits per heavy atom. The van der Waals surface area contributed by atoms with Crippen LogP contribution in [0.25, 0.3) is 0 Å². The van der Waals surface area contributed by atoms with Crippen LogP contribution in [-0.2, 0) is 6.61 Å². The summed E-state index contributed by atoms with van der Waals surface area (Å²) in [5.74, 6) is 0.777. The first-order valence-corrected chi connectivity index (χ1v) is 7.13. The average molecular weight is 281 g/mol. The van der Waals surface area contributed by atoms with E-state index in [1.807, 2.05) is 38.1 Å². The summed E-state index contributed by atoms with van der Waals surface area (Å²) in [6, 6.07) is 7.71. The fraction of sp³-hybridized carbons (Fsp3) is 0.625. The number of nitrogens with one attached hydrogen (secondary N) is 1. The van der Waals surface area contributed by atoms with E-state index in [-0.39, 0.29) is 24.9 Å². The van der Waals surface area contributed by atoms with Crippen molar-refractivity contribution in [3.8, 4) is 5.75 Å². The highest BCUT2D eigenvalue weighted by Crippen LogP contribution is 2.19. The highest BCUT2D eigenvalue weighted by molar-refractivity contribution is 5.27. The van der Waals surface area contributed by atoms with Crippen molar-refractivity contribution < 1.29 is 14.9 Å². The van der Waals surface area contributed by atoms with E-state index in [4.69, 9.17) is 9.84 Å². The molecule has 0 fully saturated rings. The first kappa shape index (κ1) is 17.0. The molecule has 0 spiro atoms. The van der Waals surface area contributed by atoms with Crippen LogP contribution in [0.5, 0.6) is 5.75 Å². The third-order valence-corrected chi connectivity index (χ3v) is 3.17. The Kier molecular flexibility index (Phi) is 6.46. The second-order valence-electron chi connectivity index (χ2n) is 5.95. The predicted octanol–water partition coefficient (Wildman–Crippen LogP) is 2.09. The van der Waals surface area contributed by atoms with Crippen molar-refractivity contribution in [2.24, 2.45) is 0 Å². The topological polar surface area (TPSA) is 61.7 Å². The van der Waals surface area contributed by atoms with E-state index in [2.05, 4.69) is 19.2 Å². The molecule has 20 heavy (non-hydrogen) atoms. The quantitative estimate of drug-likeness (QED) is 0.683. The maximum Gasteiger partial charge on any atom is 0.119 e. The fourth-order valence-corrected chi connectivity index (χ4v) is 2.45. The highest BCUT2D eigenvalue weighted by Gasteiger charge is 2.27. The van der Waals surface area contributed by atoms with Crippen molar-refractivity contribution in [1.82, 2.24) is 5.32 Å². The monoisotopic (exact) mass is 281 g/mol. The summed E-state index contributed by atoms with van der Waals surface area (Å²) in [6.45, 7) is 8.23. The van der Waals surface area contributed by atoms with Crippen molar-refractivity contribution in [3.63, 3.8) is 0 Å². The Bertz CT molecular complexity index is 391. The van der Waals surface area contributed by atoms with E-state index >= 15 is 0 Å². The molecule has 0 bridgehead atoms. The van der Waals surface area contributed by atoms with E-state index < -0.39 is 0 Å². The van der Waals surface area contributed by atoms with Crippen LogP contribution in [0.1, 0.15) is 39.7 Å². The van der Waals surface area contributed by atoms with Gasteiger partial charge in [0.1, 0.15) is 5.75 Å². The van der Waals surface area contributed by atoms with Gasteiger partial charge in [0.05, 0.1) is 19.3 Å². The van der Waals surface area contributed by atoms with Gasteiger partial charge in [0.25, 0.3) is 0 Å². The van der Waals surface area contributed by atoms with Gasteiger partial charge in [-0.1, -0.05) is 26.0 Å². The van der Waals surface area contributed by atoms with Crippen molar-refractivity contribution in [3.05, 3.63) is 29.8 Å². The lowest BCUT2D eigenvalue weighted by Gasteiger charge is -2.33. The molecule has 2 atom stereocenters. The van der Waals surface area contributed by atoms with Gasteiger partial charge in [-0.25, -0.2) is 0 Å². The van der Waals surface area contributed by atoms with Crippen LogP contribution in [0.4, 0.5) is 0 Å². The van der Waals surface area contributed by atoms with Gasteiger partial charge >= 0.3 is 0 Å². The molecule has 0 heterocycles. The van der Waals surface area contributed by atoms with Crippen LogP contribution in [-0.4, -0.2) is 34.5 Å². The van der Waals surface area contributed by atoms with Crippen LogP contribution in [0, 0.1) is 0 Å². The number of ether oxygens (including phenoxy) is 1. The fourth-order valence-electron chi connectivity index (χ4n) is 2.45. The van der Waals surface area contributed by atoms with Crippen molar-refractivity contribution in [1.29, 1.82) is 0 Å². The molecule has 0 amide bonds. The zero-order chi connectivity index (χ0) is 15.2. The maximum atomic E-state index is 9.57. The van der Waals surface area contributed by atoms with Crippen LogP contribution in [0.3, 0.4) is 0 Å². The SMILES string of the molecule is CC(C)NC(C)(CO)CC(C)Oc1ccc(CO)cc1. The second-order valence-corrected chi connectivity index (χ2v) is 5.95. The van der Waals surface area contributed by atoms with Gasteiger partial charge in [-0.2, -0.15) is 0 Å². The normalized spacial score (nSPS) is 15.9. The van der Waals surface area contributed by atoms with E-state index in [1.165, 1.54) is 0 Å². The van der Waals surface area contributed by atoms with Gasteiger partial charge in [0.15, 0.2) is 0 Å². The van der Waals surface area contributed by atoms with Crippen LogP contribution in [0.15, 0.2) is 24.3 Å². The lowest BCUT2D eigenvalue weighted by molar-refractivity contribution is 0.104.